The van der Waals surface area contributed by atoms with Gasteiger partial charge in [0, 0.05) is 31.7 Å². The molecule has 2 heterocycles. The molecular formula is C18H27FN2. The van der Waals surface area contributed by atoms with Crippen molar-refractivity contribution in [2.75, 3.05) is 26.2 Å². The van der Waals surface area contributed by atoms with Crippen LogP contribution in [0.4, 0.5) is 4.39 Å². The topological polar surface area (TPSA) is 6.48 Å². The van der Waals surface area contributed by atoms with Crippen molar-refractivity contribution in [3.05, 3.63) is 35.1 Å². The Morgan fingerprint density at radius 2 is 2.10 bits per heavy atom. The smallest absolute Gasteiger partial charge is 0.123 e. The summed E-state index contributed by atoms with van der Waals surface area (Å²) in [6.07, 6.45) is 5.15. The highest BCUT2D eigenvalue weighted by molar-refractivity contribution is 5.26. The molecule has 2 fully saturated rings. The Hall–Kier alpha value is -0.930. The molecule has 0 spiro atoms. The Morgan fingerprint density at radius 1 is 1.24 bits per heavy atom. The standard InChI is InChI=1S/C18H27FN2/c1-14-11-17(19)7-6-16(14)8-10-20-13-18-5-3-4-9-21(18)12-15(20)2/h6-7,11,15,18H,3-5,8-10,12-13H2,1-2H3. The van der Waals surface area contributed by atoms with Gasteiger partial charge in [0.1, 0.15) is 5.82 Å². The molecule has 21 heavy (non-hydrogen) atoms. The zero-order chi connectivity index (χ0) is 14.8. The highest BCUT2D eigenvalue weighted by Crippen LogP contribution is 2.24. The Bertz CT molecular complexity index is 488. The van der Waals surface area contributed by atoms with Crippen molar-refractivity contribution < 1.29 is 4.39 Å². The van der Waals surface area contributed by atoms with E-state index in [-0.39, 0.29) is 5.82 Å². The molecule has 3 rings (SSSR count). The van der Waals surface area contributed by atoms with Crippen molar-refractivity contribution in [3.8, 4) is 0 Å². The molecule has 0 radical (unpaired) electrons. The number of piperazine rings is 1. The highest BCUT2D eigenvalue weighted by Gasteiger charge is 2.32. The maximum absolute atomic E-state index is 13.2. The molecule has 2 aliphatic rings. The van der Waals surface area contributed by atoms with E-state index in [1.807, 2.05) is 13.0 Å². The molecule has 0 aliphatic carbocycles. The van der Waals surface area contributed by atoms with Crippen LogP contribution in [0.5, 0.6) is 0 Å². The summed E-state index contributed by atoms with van der Waals surface area (Å²) in [5, 5.41) is 0. The van der Waals surface area contributed by atoms with Crippen LogP contribution in [0.15, 0.2) is 18.2 Å². The molecule has 1 aromatic rings. The van der Waals surface area contributed by atoms with Crippen molar-refractivity contribution in [2.45, 2.75) is 51.6 Å². The van der Waals surface area contributed by atoms with Crippen LogP contribution in [0.1, 0.15) is 37.3 Å². The summed E-state index contributed by atoms with van der Waals surface area (Å²) in [6.45, 7) is 9.18. The fourth-order valence-electron chi connectivity index (χ4n) is 3.93. The molecule has 0 aromatic heterocycles. The minimum Gasteiger partial charge on any atom is -0.298 e. The SMILES string of the molecule is Cc1cc(F)ccc1CCN1CC2CCCCN2CC1C. The molecular weight excluding hydrogens is 263 g/mol. The van der Waals surface area contributed by atoms with Crippen LogP contribution in [0.2, 0.25) is 0 Å². The summed E-state index contributed by atoms with van der Waals surface area (Å²) in [6, 6.07) is 6.60. The van der Waals surface area contributed by atoms with Gasteiger partial charge in [-0.15, -0.1) is 0 Å². The van der Waals surface area contributed by atoms with Crippen molar-refractivity contribution in [3.63, 3.8) is 0 Å². The maximum atomic E-state index is 13.2. The van der Waals surface area contributed by atoms with Gasteiger partial charge in [-0.2, -0.15) is 0 Å². The average Bonchev–Trinajstić information content (AvgIpc) is 2.46. The van der Waals surface area contributed by atoms with Gasteiger partial charge >= 0.3 is 0 Å². The summed E-state index contributed by atoms with van der Waals surface area (Å²) in [7, 11) is 0. The first-order chi connectivity index (χ1) is 10.1. The Labute approximate surface area is 127 Å². The molecule has 2 saturated heterocycles. The third-order valence-corrected chi connectivity index (χ3v) is 5.29. The van der Waals surface area contributed by atoms with E-state index in [1.165, 1.54) is 44.5 Å². The van der Waals surface area contributed by atoms with E-state index in [2.05, 4.69) is 16.7 Å². The Kier molecular flexibility index (Phi) is 4.60. The van der Waals surface area contributed by atoms with Crippen molar-refractivity contribution in [1.29, 1.82) is 0 Å². The molecule has 2 unspecified atom stereocenters. The third kappa shape index (κ3) is 3.46. The summed E-state index contributed by atoms with van der Waals surface area (Å²) in [4.78, 5) is 5.32. The summed E-state index contributed by atoms with van der Waals surface area (Å²) in [5.41, 5.74) is 2.37. The Morgan fingerprint density at radius 3 is 2.90 bits per heavy atom. The lowest BCUT2D eigenvalue weighted by Gasteiger charge is -2.47. The number of nitrogens with zero attached hydrogens (tertiary/aromatic N) is 2. The number of aryl methyl sites for hydroxylation is 1. The number of fused-ring (bicyclic) bond motifs is 1. The van der Waals surface area contributed by atoms with Gasteiger partial charge in [-0.1, -0.05) is 12.5 Å². The number of piperidine rings is 1. The van der Waals surface area contributed by atoms with Gasteiger partial charge in [0.2, 0.25) is 0 Å². The first-order valence-corrected chi connectivity index (χ1v) is 8.36. The van der Waals surface area contributed by atoms with E-state index in [4.69, 9.17) is 0 Å². The fraction of sp³-hybridized carbons (Fsp3) is 0.667. The van der Waals surface area contributed by atoms with E-state index in [0.29, 0.717) is 6.04 Å². The predicted molar refractivity (Wildman–Crippen MR) is 85.1 cm³/mol. The van der Waals surface area contributed by atoms with Gasteiger partial charge in [0.25, 0.3) is 0 Å². The molecule has 2 atom stereocenters. The number of halogens is 1. The lowest BCUT2D eigenvalue weighted by molar-refractivity contribution is 0.0160. The van der Waals surface area contributed by atoms with Crippen LogP contribution in [0.3, 0.4) is 0 Å². The number of hydrogen-bond donors (Lipinski definition) is 0. The quantitative estimate of drug-likeness (QED) is 0.843. The van der Waals surface area contributed by atoms with Crippen molar-refractivity contribution in [1.82, 2.24) is 9.80 Å². The maximum Gasteiger partial charge on any atom is 0.123 e. The molecule has 0 amide bonds. The number of hydrogen-bond acceptors (Lipinski definition) is 2. The first kappa shape index (κ1) is 15.0. The van der Waals surface area contributed by atoms with Crippen LogP contribution in [-0.2, 0) is 6.42 Å². The van der Waals surface area contributed by atoms with Crippen LogP contribution in [0, 0.1) is 12.7 Å². The van der Waals surface area contributed by atoms with Crippen molar-refractivity contribution >= 4 is 0 Å². The van der Waals surface area contributed by atoms with Crippen molar-refractivity contribution in [2.24, 2.45) is 0 Å². The van der Waals surface area contributed by atoms with Crippen LogP contribution < -0.4 is 0 Å². The largest absolute Gasteiger partial charge is 0.298 e. The van der Waals surface area contributed by atoms with E-state index in [9.17, 15) is 4.39 Å². The molecule has 1 aromatic carbocycles. The number of benzene rings is 1. The molecule has 0 bridgehead atoms. The normalized spacial score (nSPS) is 27.6. The van der Waals surface area contributed by atoms with E-state index >= 15 is 0 Å². The van der Waals surface area contributed by atoms with Gasteiger partial charge in [-0.05, 0) is 62.9 Å². The fourth-order valence-corrected chi connectivity index (χ4v) is 3.93. The minimum atomic E-state index is -0.125. The predicted octanol–water partition coefficient (Wildman–Crippen LogP) is 3.24. The third-order valence-electron chi connectivity index (χ3n) is 5.29. The Balaban J connectivity index is 1.59. The van der Waals surface area contributed by atoms with Gasteiger partial charge in [-0.25, -0.2) is 4.39 Å². The zero-order valence-corrected chi connectivity index (χ0v) is 13.3. The van der Waals surface area contributed by atoms with Crippen LogP contribution in [-0.4, -0.2) is 48.1 Å². The highest BCUT2D eigenvalue weighted by atomic mass is 19.1. The average molecular weight is 290 g/mol. The van der Waals surface area contributed by atoms with E-state index in [0.717, 1.165) is 24.6 Å². The van der Waals surface area contributed by atoms with Gasteiger partial charge in [0.05, 0.1) is 0 Å². The van der Waals surface area contributed by atoms with Crippen LogP contribution >= 0.6 is 0 Å². The van der Waals surface area contributed by atoms with Gasteiger partial charge < -0.3 is 0 Å². The second kappa shape index (κ2) is 6.45. The minimum absolute atomic E-state index is 0.125. The summed E-state index contributed by atoms with van der Waals surface area (Å²) < 4.78 is 13.2. The second-order valence-corrected chi connectivity index (χ2v) is 6.81. The first-order valence-electron chi connectivity index (χ1n) is 8.36. The number of rotatable bonds is 3. The molecule has 2 nitrogen and oxygen atoms in total. The summed E-state index contributed by atoms with van der Waals surface area (Å²) in [5.74, 6) is -0.125. The van der Waals surface area contributed by atoms with Crippen LogP contribution in [0.25, 0.3) is 0 Å². The molecule has 3 heteroatoms. The molecule has 116 valence electrons. The lowest BCUT2D eigenvalue weighted by atomic mass is 9.96. The van der Waals surface area contributed by atoms with Gasteiger partial charge in [0.15, 0.2) is 0 Å². The van der Waals surface area contributed by atoms with Gasteiger partial charge in [-0.3, -0.25) is 9.80 Å². The van der Waals surface area contributed by atoms with E-state index < -0.39 is 0 Å². The molecule has 0 saturated carbocycles. The lowest BCUT2D eigenvalue weighted by Crippen LogP contribution is -2.58. The monoisotopic (exact) mass is 290 g/mol. The van der Waals surface area contributed by atoms with E-state index in [1.54, 1.807) is 12.1 Å². The second-order valence-electron chi connectivity index (χ2n) is 6.81. The molecule has 0 N–H and O–H groups in total. The zero-order valence-electron chi connectivity index (χ0n) is 13.3. The molecule has 2 aliphatic heterocycles. The summed E-state index contributed by atoms with van der Waals surface area (Å²) >= 11 is 0.